The van der Waals surface area contributed by atoms with Crippen LogP contribution in [0.4, 0.5) is 5.69 Å². The third kappa shape index (κ3) is 3.86. The van der Waals surface area contributed by atoms with Crippen LogP contribution in [-0.4, -0.2) is 5.97 Å². The van der Waals surface area contributed by atoms with Gasteiger partial charge in [0.1, 0.15) is 5.75 Å². The van der Waals surface area contributed by atoms with Gasteiger partial charge in [-0.3, -0.25) is 0 Å². The van der Waals surface area contributed by atoms with Gasteiger partial charge in [-0.1, -0.05) is 29.8 Å². The largest absolute Gasteiger partial charge is 0.423 e. The minimum absolute atomic E-state index is 0.447. The second kappa shape index (κ2) is 6.07. The SMILES string of the molecule is Nc1ccc(OC(=O)C=Cc2ccccc2Cl)cc1. The molecule has 0 aromatic heterocycles. The zero-order chi connectivity index (χ0) is 13.7. The third-order valence-electron chi connectivity index (χ3n) is 2.40. The van der Waals surface area contributed by atoms with E-state index in [9.17, 15) is 4.79 Å². The molecule has 3 nitrogen and oxygen atoms in total. The van der Waals surface area contributed by atoms with Crippen molar-refractivity contribution in [2.45, 2.75) is 0 Å². The lowest BCUT2D eigenvalue weighted by atomic mass is 10.2. The molecule has 0 aliphatic carbocycles. The Morgan fingerprint density at radius 1 is 1.11 bits per heavy atom. The van der Waals surface area contributed by atoms with Crippen LogP contribution in [0.1, 0.15) is 5.56 Å². The highest BCUT2D eigenvalue weighted by molar-refractivity contribution is 6.32. The van der Waals surface area contributed by atoms with Crippen LogP contribution in [0.5, 0.6) is 5.75 Å². The number of nitrogen functional groups attached to an aromatic ring is 1. The van der Waals surface area contributed by atoms with E-state index in [1.807, 2.05) is 18.2 Å². The first-order chi connectivity index (χ1) is 9.15. The van der Waals surface area contributed by atoms with E-state index in [1.54, 1.807) is 36.4 Å². The summed E-state index contributed by atoms with van der Waals surface area (Å²) in [6, 6.07) is 13.8. The monoisotopic (exact) mass is 273 g/mol. The highest BCUT2D eigenvalue weighted by atomic mass is 35.5. The van der Waals surface area contributed by atoms with Gasteiger partial charge in [0.2, 0.25) is 0 Å². The summed E-state index contributed by atoms with van der Waals surface area (Å²) in [6.07, 6.45) is 2.94. The molecule has 0 spiro atoms. The summed E-state index contributed by atoms with van der Waals surface area (Å²) >= 11 is 5.97. The van der Waals surface area contributed by atoms with Crippen molar-refractivity contribution in [1.82, 2.24) is 0 Å². The molecule has 2 N–H and O–H groups in total. The molecule has 0 atom stereocenters. The lowest BCUT2D eigenvalue weighted by molar-refractivity contribution is -0.128. The van der Waals surface area contributed by atoms with Crippen molar-refractivity contribution in [3.05, 3.63) is 65.2 Å². The van der Waals surface area contributed by atoms with Crippen LogP contribution in [0.25, 0.3) is 6.08 Å². The Balaban J connectivity index is 2.02. The van der Waals surface area contributed by atoms with Crippen LogP contribution in [-0.2, 0) is 4.79 Å². The first kappa shape index (κ1) is 13.2. The molecule has 2 aromatic carbocycles. The van der Waals surface area contributed by atoms with Gasteiger partial charge in [0.15, 0.2) is 0 Å². The van der Waals surface area contributed by atoms with Gasteiger partial charge < -0.3 is 10.5 Å². The second-order valence-corrected chi connectivity index (χ2v) is 4.25. The third-order valence-corrected chi connectivity index (χ3v) is 2.75. The average Bonchev–Trinajstić information content (AvgIpc) is 2.40. The molecule has 0 radical (unpaired) electrons. The summed E-state index contributed by atoms with van der Waals surface area (Å²) in [7, 11) is 0. The fraction of sp³-hybridized carbons (Fsp3) is 0. The van der Waals surface area contributed by atoms with Gasteiger partial charge in [-0.05, 0) is 42.0 Å². The van der Waals surface area contributed by atoms with Crippen molar-refractivity contribution in [1.29, 1.82) is 0 Å². The predicted octanol–water partition coefficient (Wildman–Crippen LogP) is 3.54. The number of benzene rings is 2. The van der Waals surface area contributed by atoms with E-state index in [4.69, 9.17) is 22.1 Å². The molecule has 0 aliphatic heterocycles. The normalized spacial score (nSPS) is 10.6. The van der Waals surface area contributed by atoms with Gasteiger partial charge in [0, 0.05) is 16.8 Å². The van der Waals surface area contributed by atoms with Gasteiger partial charge in [-0.25, -0.2) is 4.79 Å². The zero-order valence-corrected chi connectivity index (χ0v) is 10.8. The Kier molecular flexibility index (Phi) is 4.21. The summed E-state index contributed by atoms with van der Waals surface area (Å²) in [5.74, 6) is -0.0206. The Labute approximate surface area is 116 Å². The Hall–Kier alpha value is -2.26. The van der Waals surface area contributed by atoms with Crippen molar-refractivity contribution in [3.8, 4) is 5.75 Å². The maximum absolute atomic E-state index is 11.6. The fourth-order valence-corrected chi connectivity index (χ4v) is 1.65. The van der Waals surface area contributed by atoms with Crippen LogP contribution in [0, 0.1) is 0 Å². The number of halogens is 1. The number of carbonyl (C=O) groups excluding carboxylic acids is 1. The highest BCUT2D eigenvalue weighted by Crippen LogP contribution is 2.17. The topological polar surface area (TPSA) is 52.3 Å². The molecular weight excluding hydrogens is 262 g/mol. The van der Waals surface area contributed by atoms with Crippen molar-refractivity contribution in [2.75, 3.05) is 5.73 Å². The number of nitrogens with two attached hydrogens (primary N) is 1. The smallest absolute Gasteiger partial charge is 0.336 e. The Bertz CT molecular complexity index is 606. The van der Waals surface area contributed by atoms with Crippen molar-refractivity contribution >= 4 is 29.3 Å². The van der Waals surface area contributed by atoms with Crippen molar-refractivity contribution in [3.63, 3.8) is 0 Å². The quantitative estimate of drug-likeness (QED) is 0.403. The summed E-state index contributed by atoms with van der Waals surface area (Å²) in [6.45, 7) is 0. The molecule has 0 fully saturated rings. The van der Waals surface area contributed by atoms with Crippen LogP contribution in [0.2, 0.25) is 5.02 Å². The summed E-state index contributed by atoms with van der Waals surface area (Å²) in [5.41, 5.74) is 6.92. The molecule has 4 heteroatoms. The molecule has 96 valence electrons. The predicted molar refractivity (Wildman–Crippen MR) is 77.0 cm³/mol. The van der Waals surface area contributed by atoms with Crippen LogP contribution < -0.4 is 10.5 Å². The standard InChI is InChI=1S/C15H12ClNO2/c16-14-4-2-1-3-11(14)5-10-15(18)19-13-8-6-12(17)7-9-13/h1-10H,17H2. The number of anilines is 1. The molecule has 0 aliphatic rings. The van der Waals surface area contributed by atoms with E-state index in [0.717, 1.165) is 5.56 Å². The number of rotatable bonds is 3. The highest BCUT2D eigenvalue weighted by Gasteiger charge is 2.01. The number of hydrogen-bond donors (Lipinski definition) is 1. The molecular formula is C15H12ClNO2. The van der Waals surface area contributed by atoms with Crippen LogP contribution >= 0.6 is 11.6 Å². The lowest BCUT2D eigenvalue weighted by Gasteiger charge is -2.01. The molecule has 0 saturated heterocycles. The van der Waals surface area contributed by atoms with Crippen molar-refractivity contribution in [2.24, 2.45) is 0 Å². The molecule has 2 aromatic rings. The molecule has 0 heterocycles. The summed E-state index contributed by atoms with van der Waals surface area (Å²) in [5, 5.41) is 0.582. The lowest BCUT2D eigenvalue weighted by Crippen LogP contribution is -2.03. The second-order valence-electron chi connectivity index (χ2n) is 3.84. The maximum Gasteiger partial charge on any atom is 0.336 e. The van der Waals surface area contributed by atoms with Crippen LogP contribution in [0.15, 0.2) is 54.6 Å². The van der Waals surface area contributed by atoms with E-state index < -0.39 is 5.97 Å². The van der Waals surface area contributed by atoms with Gasteiger partial charge in [0.25, 0.3) is 0 Å². The molecule has 19 heavy (non-hydrogen) atoms. The number of carbonyl (C=O) groups is 1. The maximum atomic E-state index is 11.6. The van der Waals surface area contributed by atoms with E-state index in [1.165, 1.54) is 6.08 Å². The van der Waals surface area contributed by atoms with E-state index in [0.29, 0.717) is 16.5 Å². The minimum atomic E-state index is -0.468. The van der Waals surface area contributed by atoms with Gasteiger partial charge in [-0.2, -0.15) is 0 Å². The summed E-state index contributed by atoms with van der Waals surface area (Å²) < 4.78 is 5.11. The minimum Gasteiger partial charge on any atom is -0.423 e. The molecule has 0 amide bonds. The number of ether oxygens (including phenoxy) is 1. The van der Waals surface area contributed by atoms with Gasteiger partial charge in [0.05, 0.1) is 0 Å². The zero-order valence-electron chi connectivity index (χ0n) is 10.0. The summed E-state index contributed by atoms with van der Waals surface area (Å²) in [4.78, 5) is 11.6. The fourth-order valence-electron chi connectivity index (χ4n) is 1.45. The van der Waals surface area contributed by atoms with E-state index >= 15 is 0 Å². The average molecular weight is 274 g/mol. The van der Waals surface area contributed by atoms with Gasteiger partial charge in [-0.15, -0.1) is 0 Å². The van der Waals surface area contributed by atoms with Crippen LogP contribution in [0.3, 0.4) is 0 Å². The Morgan fingerprint density at radius 3 is 2.47 bits per heavy atom. The number of esters is 1. The van der Waals surface area contributed by atoms with Crippen molar-refractivity contribution < 1.29 is 9.53 Å². The Morgan fingerprint density at radius 2 is 1.79 bits per heavy atom. The van der Waals surface area contributed by atoms with E-state index in [2.05, 4.69) is 0 Å². The first-order valence-corrected chi connectivity index (χ1v) is 6.03. The first-order valence-electron chi connectivity index (χ1n) is 5.65. The molecule has 0 saturated carbocycles. The van der Waals surface area contributed by atoms with Gasteiger partial charge >= 0.3 is 5.97 Å². The number of hydrogen-bond acceptors (Lipinski definition) is 3. The molecule has 2 rings (SSSR count). The molecule has 0 unspecified atom stereocenters. The van der Waals surface area contributed by atoms with E-state index in [-0.39, 0.29) is 0 Å². The molecule has 0 bridgehead atoms.